The number of esters is 2. The second kappa shape index (κ2) is 13.7. The third-order valence-corrected chi connectivity index (χ3v) is 6.43. The molecule has 2 heterocycles. The Kier molecular flexibility index (Phi) is 9.82. The SMILES string of the molecule is CCCCC(O)=Cc1ccn([C@@H]2O[C@H](COC(=O)c3ccccc3)[C@@H](OC(=O)c3ccccc3)[C@H]2OC)c(=O)n1. The van der Waals surface area contributed by atoms with E-state index in [9.17, 15) is 19.5 Å². The molecule has 10 heteroatoms. The number of rotatable bonds is 11. The fourth-order valence-corrected chi connectivity index (χ4v) is 4.34. The first kappa shape index (κ1) is 28.7. The summed E-state index contributed by atoms with van der Waals surface area (Å²) >= 11 is 0. The van der Waals surface area contributed by atoms with Crippen LogP contribution in [0.1, 0.15) is 58.8 Å². The summed E-state index contributed by atoms with van der Waals surface area (Å²) in [4.78, 5) is 42.6. The third-order valence-electron chi connectivity index (χ3n) is 6.43. The summed E-state index contributed by atoms with van der Waals surface area (Å²) in [6, 6.07) is 18.4. The fraction of sp³-hybridized carbons (Fsp3) is 0.333. The monoisotopic (exact) mass is 548 g/mol. The van der Waals surface area contributed by atoms with Gasteiger partial charge in [-0.15, -0.1) is 0 Å². The van der Waals surface area contributed by atoms with E-state index in [1.54, 1.807) is 66.7 Å². The van der Waals surface area contributed by atoms with E-state index in [1.165, 1.54) is 23.9 Å². The van der Waals surface area contributed by atoms with Gasteiger partial charge >= 0.3 is 17.6 Å². The molecule has 1 N–H and O–H groups in total. The van der Waals surface area contributed by atoms with Gasteiger partial charge in [-0.05, 0) is 36.8 Å². The van der Waals surface area contributed by atoms with E-state index in [0.29, 0.717) is 23.2 Å². The van der Waals surface area contributed by atoms with Crippen molar-refractivity contribution >= 4 is 18.0 Å². The molecule has 0 spiro atoms. The number of benzene rings is 2. The van der Waals surface area contributed by atoms with Gasteiger partial charge in [0.15, 0.2) is 12.3 Å². The van der Waals surface area contributed by atoms with Gasteiger partial charge in [-0.1, -0.05) is 49.7 Å². The van der Waals surface area contributed by atoms with E-state index in [-0.39, 0.29) is 12.4 Å². The molecule has 0 aliphatic carbocycles. The first-order chi connectivity index (χ1) is 19.4. The quantitative estimate of drug-likeness (QED) is 0.275. The molecule has 0 bridgehead atoms. The molecule has 1 saturated heterocycles. The van der Waals surface area contributed by atoms with Crippen molar-refractivity contribution in [2.24, 2.45) is 0 Å². The Morgan fingerprint density at radius 3 is 2.25 bits per heavy atom. The van der Waals surface area contributed by atoms with E-state index >= 15 is 0 Å². The molecule has 0 saturated carbocycles. The van der Waals surface area contributed by atoms with Crippen LogP contribution in [0.25, 0.3) is 6.08 Å². The van der Waals surface area contributed by atoms with Crippen LogP contribution in [0.2, 0.25) is 0 Å². The third kappa shape index (κ3) is 7.02. The van der Waals surface area contributed by atoms with Crippen LogP contribution in [0.4, 0.5) is 0 Å². The predicted molar refractivity (Wildman–Crippen MR) is 146 cm³/mol. The Labute approximate surface area is 231 Å². The summed E-state index contributed by atoms with van der Waals surface area (Å²) in [5.41, 5.74) is 0.310. The number of carbonyl (C=O) groups excluding carboxylic acids is 2. The van der Waals surface area contributed by atoms with Gasteiger partial charge in [0.1, 0.15) is 18.8 Å². The molecular formula is C30H32N2O8. The Morgan fingerprint density at radius 2 is 1.65 bits per heavy atom. The number of aromatic nitrogens is 2. The summed E-state index contributed by atoms with van der Waals surface area (Å²) in [7, 11) is 1.41. The molecule has 2 aromatic carbocycles. The van der Waals surface area contributed by atoms with Crippen molar-refractivity contribution in [2.75, 3.05) is 13.7 Å². The molecule has 1 aliphatic heterocycles. The second-order valence-electron chi connectivity index (χ2n) is 9.25. The van der Waals surface area contributed by atoms with Gasteiger partial charge in [0.25, 0.3) is 0 Å². The van der Waals surface area contributed by atoms with Crippen LogP contribution in [-0.4, -0.2) is 58.6 Å². The Morgan fingerprint density at radius 1 is 1.00 bits per heavy atom. The van der Waals surface area contributed by atoms with Crippen LogP contribution < -0.4 is 5.69 Å². The molecule has 4 rings (SSSR count). The number of ether oxygens (including phenoxy) is 4. The maximum Gasteiger partial charge on any atom is 0.350 e. The first-order valence-electron chi connectivity index (χ1n) is 13.1. The number of nitrogens with zero attached hydrogens (tertiary/aromatic N) is 2. The average Bonchev–Trinajstić information content (AvgIpc) is 3.32. The van der Waals surface area contributed by atoms with Crippen molar-refractivity contribution in [3.63, 3.8) is 0 Å². The topological polar surface area (TPSA) is 126 Å². The van der Waals surface area contributed by atoms with Gasteiger partial charge in [0.2, 0.25) is 0 Å². The smallest absolute Gasteiger partial charge is 0.350 e. The number of hydrogen-bond acceptors (Lipinski definition) is 9. The summed E-state index contributed by atoms with van der Waals surface area (Å²) in [5.74, 6) is -1.07. The Hall–Kier alpha value is -4.28. The average molecular weight is 549 g/mol. The zero-order chi connectivity index (χ0) is 28.5. The molecular weight excluding hydrogens is 516 g/mol. The van der Waals surface area contributed by atoms with Gasteiger partial charge in [-0.3, -0.25) is 4.57 Å². The highest BCUT2D eigenvalue weighted by molar-refractivity contribution is 5.90. The minimum absolute atomic E-state index is 0.131. The van der Waals surface area contributed by atoms with E-state index in [4.69, 9.17) is 18.9 Å². The number of methoxy groups -OCH3 is 1. The van der Waals surface area contributed by atoms with E-state index in [0.717, 1.165) is 12.8 Å². The van der Waals surface area contributed by atoms with Crippen molar-refractivity contribution in [2.45, 2.75) is 50.7 Å². The van der Waals surface area contributed by atoms with Gasteiger partial charge in [0.05, 0.1) is 22.6 Å². The number of unbranched alkanes of at least 4 members (excludes halogenated alkanes) is 1. The molecule has 3 aromatic rings. The zero-order valence-electron chi connectivity index (χ0n) is 22.3. The maximum atomic E-state index is 13.0. The first-order valence-corrected chi connectivity index (χ1v) is 13.1. The fourth-order valence-electron chi connectivity index (χ4n) is 4.34. The molecule has 0 amide bonds. The normalized spacial score (nSPS) is 20.7. The van der Waals surface area contributed by atoms with Crippen LogP contribution >= 0.6 is 0 Å². The van der Waals surface area contributed by atoms with Crippen molar-refractivity contribution in [1.82, 2.24) is 9.55 Å². The maximum absolute atomic E-state index is 13.0. The van der Waals surface area contributed by atoms with Crippen LogP contribution in [-0.2, 0) is 18.9 Å². The zero-order valence-corrected chi connectivity index (χ0v) is 22.3. The second-order valence-corrected chi connectivity index (χ2v) is 9.25. The van der Waals surface area contributed by atoms with Crippen molar-refractivity contribution in [3.05, 3.63) is 106 Å². The number of allylic oxidation sites excluding steroid dienone is 1. The van der Waals surface area contributed by atoms with Crippen molar-refractivity contribution in [1.29, 1.82) is 0 Å². The van der Waals surface area contributed by atoms with Gasteiger partial charge in [0, 0.05) is 25.8 Å². The highest BCUT2D eigenvalue weighted by atomic mass is 16.6. The van der Waals surface area contributed by atoms with E-state index < -0.39 is 42.2 Å². The molecule has 0 unspecified atom stereocenters. The number of carbonyl (C=O) groups is 2. The standard InChI is InChI=1S/C30H32N2O8/c1-3-4-15-23(33)18-22-16-17-32(30(36)31-22)27-26(37-2)25(40-29(35)21-13-9-6-10-14-21)24(39-27)19-38-28(34)20-11-7-5-8-12-20/h5-14,16-18,24-27,33H,3-4,15,19H2,1-2H3/t24-,25-,26-,27-/m1/s1. The Balaban J connectivity index is 1.58. The summed E-state index contributed by atoms with van der Waals surface area (Å²) < 4.78 is 24.3. The van der Waals surface area contributed by atoms with Crippen molar-refractivity contribution in [3.8, 4) is 0 Å². The van der Waals surface area contributed by atoms with Crippen LogP contribution in [0, 0.1) is 0 Å². The van der Waals surface area contributed by atoms with Crippen LogP contribution in [0.5, 0.6) is 0 Å². The largest absolute Gasteiger partial charge is 0.512 e. The van der Waals surface area contributed by atoms with Crippen molar-refractivity contribution < 1.29 is 33.6 Å². The number of aliphatic hydroxyl groups is 1. The van der Waals surface area contributed by atoms with Crippen LogP contribution in [0.15, 0.2) is 83.5 Å². The lowest BCUT2D eigenvalue weighted by molar-refractivity contribution is -0.0657. The molecule has 0 radical (unpaired) electrons. The molecule has 1 aromatic heterocycles. The minimum Gasteiger partial charge on any atom is -0.512 e. The Bertz CT molecular complexity index is 1370. The number of hydrogen-bond donors (Lipinski definition) is 1. The summed E-state index contributed by atoms with van der Waals surface area (Å²) in [5, 5.41) is 10.1. The van der Waals surface area contributed by atoms with Gasteiger partial charge < -0.3 is 24.1 Å². The molecule has 1 fully saturated rings. The minimum atomic E-state index is -1.04. The molecule has 40 heavy (non-hydrogen) atoms. The lowest BCUT2D eigenvalue weighted by atomic mass is 10.1. The lowest BCUT2D eigenvalue weighted by Crippen LogP contribution is -2.41. The highest BCUT2D eigenvalue weighted by Gasteiger charge is 2.49. The molecule has 10 nitrogen and oxygen atoms in total. The van der Waals surface area contributed by atoms with Crippen LogP contribution in [0.3, 0.4) is 0 Å². The van der Waals surface area contributed by atoms with E-state index in [2.05, 4.69) is 4.98 Å². The lowest BCUT2D eigenvalue weighted by Gasteiger charge is -2.23. The van der Waals surface area contributed by atoms with Gasteiger partial charge in [-0.25, -0.2) is 14.4 Å². The molecule has 4 atom stereocenters. The van der Waals surface area contributed by atoms with Gasteiger partial charge in [-0.2, -0.15) is 4.98 Å². The number of aliphatic hydroxyl groups excluding tert-OH is 1. The summed E-state index contributed by atoms with van der Waals surface area (Å²) in [6.07, 6.45) is 1.21. The highest BCUT2D eigenvalue weighted by Crippen LogP contribution is 2.33. The van der Waals surface area contributed by atoms with E-state index in [1.807, 2.05) is 6.92 Å². The predicted octanol–water partition coefficient (Wildman–Crippen LogP) is 4.33. The molecule has 1 aliphatic rings. The molecule has 210 valence electrons. The summed E-state index contributed by atoms with van der Waals surface area (Å²) in [6.45, 7) is 1.76.